The van der Waals surface area contributed by atoms with Crippen molar-refractivity contribution in [2.24, 2.45) is 0 Å². The SMILES string of the molecule is C1CCN(c2nc(C3CC3)ns2)CC1. The van der Waals surface area contributed by atoms with Crippen LogP contribution < -0.4 is 4.90 Å². The van der Waals surface area contributed by atoms with Crippen molar-refractivity contribution in [3.8, 4) is 0 Å². The van der Waals surface area contributed by atoms with E-state index in [1.165, 1.54) is 45.2 Å². The molecule has 0 bridgehead atoms. The minimum atomic E-state index is 0.699. The molecule has 2 fully saturated rings. The van der Waals surface area contributed by atoms with E-state index in [4.69, 9.17) is 0 Å². The normalized spacial score (nSPS) is 22.7. The fourth-order valence-corrected chi connectivity index (χ4v) is 2.74. The Labute approximate surface area is 88.3 Å². The topological polar surface area (TPSA) is 29.0 Å². The molecule has 1 aliphatic heterocycles. The molecule has 3 rings (SSSR count). The molecule has 1 saturated heterocycles. The molecule has 0 atom stereocenters. The van der Waals surface area contributed by atoms with Crippen LogP contribution >= 0.6 is 11.5 Å². The van der Waals surface area contributed by atoms with Crippen LogP contribution in [0.4, 0.5) is 5.13 Å². The number of hydrogen-bond donors (Lipinski definition) is 0. The minimum Gasteiger partial charge on any atom is -0.347 e. The van der Waals surface area contributed by atoms with E-state index in [1.54, 1.807) is 11.5 Å². The molecule has 0 spiro atoms. The minimum absolute atomic E-state index is 0.699. The molecule has 14 heavy (non-hydrogen) atoms. The van der Waals surface area contributed by atoms with Crippen LogP contribution in [-0.2, 0) is 0 Å². The van der Waals surface area contributed by atoms with Gasteiger partial charge in [-0.15, -0.1) is 0 Å². The second-order valence-electron chi connectivity index (χ2n) is 4.26. The summed E-state index contributed by atoms with van der Waals surface area (Å²) in [6.45, 7) is 2.36. The standard InChI is InChI=1S/C10H15N3S/c1-2-6-13(7-3-1)10-11-9(12-14-10)8-4-5-8/h8H,1-7H2. The van der Waals surface area contributed by atoms with Crippen molar-refractivity contribution in [3.05, 3.63) is 5.82 Å². The average Bonchev–Trinajstić information content (AvgIpc) is 2.98. The number of nitrogens with zero attached hydrogens (tertiary/aromatic N) is 3. The van der Waals surface area contributed by atoms with Gasteiger partial charge >= 0.3 is 0 Å². The van der Waals surface area contributed by atoms with E-state index >= 15 is 0 Å². The van der Waals surface area contributed by atoms with Crippen LogP contribution in [-0.4, -0.2) is 22.4 Å². The first kappa shape index (κ1) is 8.65. The second-order valence-corrected chi connectivity index (χ2v) is 4.99. The Hall–Kier alpha value is -0.640. The molecule has 0 aromatic carbocycles. The zero-order valence-electron chi connectivity index (χ0n) is 8.28. The van der Waals surface area contributed by atoms with Crippen LogP contribution in [0.1, 0.15) is 43.8 Å². The molecule has 1 aromatic heterocycles. The van der Waals surface area contributed by atoms with Gasteiger partial charge in [0.25, 0.3) is 0 Å². The number of piperidine rings is 1. The van der Waals surface area contributed by atoms with E-state index < -0.39 is 0 Å². The summed E-state index contributed by atoms with van der Waals surface area (Å²) in [6.07, 6.45) is 6.62. The number of anilines is 1. The van der Waals surface area contributed by atoms with E-state index in [0.29, 0.717) is 5.92 Å². The van der Waals surface area contributed by atoms with Gasteiger partial charge in [0.05, 0.1) is 0 Å². The summed E-state index contributed by atoms with van der Waals surface area (Å²) in [5.41, 5.74) is 0. The highest BCUT2D eigenvalue weighted by Gasteiger charge is 2.28. The Bertz CT molecular complexity index is 313. The molecule has 1 aromatic rings. The maximum absolute atomic E-state index is 4.63. The van der Waals surface area contributed by atoms with Crippen molar-refractivity contribution in [3.63, 3.8) is 0 Å². The summed E-state index contributed by atoms with van der Waals surface area (Å²) in [5, 5.41) is 1.16. The van der Waals surface area contributed by atoms with Gasteiger partial charge in [0.15, 0.2) is 0 Å². The molecule has 76 valence electrons. The van der Waals surface area contributed by atoms with Gasteiger partial charge in [-0.2, -0.15) is 4.37 Å². The summed E-state index contributed by atoms with van der Waals surface area (Å²) >= 11 is 1.59. The molecule has 1 aliphatic carbocycles. The molecule has 4 heteroatoms. The fraction of sp³-hybridized carbons (Fsp3) is 0.800. The Balaban J connectivity index is 1.74. The zero-order chi connectivity index (χ0) is 9.38. The smallest absolute Gasteiger partial charge is 0.205 e. The van der Waals surface area contributed by atoms with Crippen molar-refractivity contribution < 1.29 is 0 Å². The number of hydrogen-bond acceptors (Lipinski definition) is 4. The molecule has 0 unspecified atom stereocenters. The van der Waals surface area contributed by atoms with Gasteiger partial charge < -0.3 is 4.90 Å². The molecule has 2 heterocycles. The molecule has 1 saturated carbocycles. The largest absolute Gasteiger partial charge is 0.347 e. The first-order chi connectivity index (χ1) is 6.93. The van der Waals surface area contributed by atoms with Crippen LogP contribution in [0.3, 0.4) is 0 Å². The molecule has 0 radical (unpaired) electrons. The molecule has 0 amide bonds. The van der Waals surface area contributed by atoms with Crippen molar-refractivity contribution in [2.45, 2.75) is 38.0 Å². The monoisotopic (exact) mass is 209 g/mol. The number of rotatable bonds is 2. The first-order valence-electron chi connectivity index (χ1n) is 5.52. The Morgan fingerprint density at radius 1 is 1.14 bits per heavy atom. The summed E-state index contributed by atoms with van der Waals surface area (Å²) < 4.78 is 4.44. The zero-order valence-corrected chi connectivity index (χ0v) is 9.09. The van der Waals surface area contributed by atoms with Crippen LogP contribution in [0.2, 0.25) is 0 Å². The van der Waals surface area contributed by atoms with E-state index in [1.807, 2.05) is 0 Å². The highest BCUT2D eigenvalue weighted by atomic mass is 32.1. The van der Waals surface area contributed by atoms with Crippen LogP contribution in [0.5, 0.6) is 0 Å². The van der Waals surface area contributed by atoms with Crippen molar-refractivity contribution in [1.82, 2.24) is 9.36 Å². The third-order valence-corrected chi connectivity index (χ3v) is 3.79. The second kappa shape index (κ2) is 3.50. The van der Waals surface area contributed by atoms with Gasteiger partial charge in [0.2, 0.25) is 5.13 Å². The van der Waals surface area contributed by atoms with Gasteiger partial charge in [-0.05, 0) is 32.1 Å². The lowest BCUT2D eigenvalue weighted by Gasteiger charge is -2.25. The molecule has 3 nitrogen and oxygen atoms in total. The van der Waals surface area contributed by atoms with Gasteiger partial charge in [0, 0.05) is 30.5 Å². The van der Waals surface area contributed by atoms with Gasteiger partial charge in [-0.25, -0.2) is 4.98 Å². The Morgan fingerprint density at radius 3 is 2.64 bits per heavy atom. The number of aromatic nitrogens is 2. The summed E-state index contributed by atoms with van der Waals surface area (Å²) in [5.74, 6) is 1.81. The van der Waals surface area contributed by atoms with E-state index in [2.05, 4.69) is 14.3 Å². The van der Waals surface area contributed by atoms with Crippen LogP contribution in [0.15, 0.2) is 0 Å². The third-order valence-electron chi connectivity index (χ3n) is 3.00. The predicted octanol–water partition coefficient (Wildman–Crippen LogP) is 2.41. The highest BCUT2D eigenvalue weighted by Crippen LogP contribution is 2.39. The Kier molecular flexibility index (Phi) is 2.16. The van der Waals surface area contributed by atoms with Crippen molar-refractivity contribution >= 4 is 16.7 Å². The van der Waals surface area contributed by atoms with Gasteiger partial charge in [-0.1, -0.05) is 0 Å². The highest BCUT2D eigenvalue weighted by molar-refractivity contribution is 7.09. The lowest BCUT2D eigenvalue weighted by atomic mass is 10.1. The maximum Gasteiger partial charge on any atom is 0.205 e. The van der Waals surface area contributed by atoms with Crippen molar-refractivity contribution in [2.75, 3.05) is 18.0 Å². The predicted molar refractivity (Wildman–Crippen MR) is 57.9 cm³/mol. The lowest BCUT2D eigenvalue weighted by Crippen LogP contribution is -2.29. The molecule has 0 N–H and O–H groups in total. The van der Waals surface area contributed by atoms with E-state index in [0.717, 1.165) is 11.0 Å². The summed E-state index contributed by atoms with van der Waals surface area (Å²) in [4.78, 5) is 7.03. The quantitative estimate of drug-likeness (QED) is 0.749. The lowest BCUT2D eigenvalue weighted by molar-refractivity contribution is 0.576. The third kappa shape index (κ3) is 1.63. The van der Waals surface area contributed by atoms with E-state index in [9.17, 15) is 0 Å². The van der Waals surface area contributed by atoms with Crippen molar-refractivity contribution in [1.29, 1.82) is 0 Å². The summed E-state index contributed by atoms with van der Waals surface area (Å²) in [6, 6.07) is 0. The maximum atomic E-state index is 4.63. The molecular formula is C10H15N3S. The van der Waals surface area contributed by atoms with Gasteiger partial charge in [-0.3, -0.25) is 0 Å². The molecular weight excluding hydrogens is 194 g/mol. The Morgan fingerprint density at radius 2 is 1.93 bits per heavy atom. The van der Waals surface area contributed by atoms with Crippen LogP contribution in [0.25, 0.3) is 0 Å². The van der Waals surface area contributed by atoms with Gasteiger partial charge in [0.1, 0.15) is 5.82 Å². The fourth-order valence-electron chi connectivity index (χ4n) is 1.95. The molecule has 2 aliphatic rings. The average molecular weight is 209 g/mol. The van der Waals surface area contributed by atoms with E-state index in [-0.39, 0.29) is 0 Å². The first-order valence-corrected chi connectivity index (χ1v) is 6.29. The van der Waals surface area contributed by atoms with Crippen LogP contribution in [0, 0.1) is 0 Å². The summed E-state index contributed by atoms with van der Waals surface area (Å²) in [7, 11) is 0.